The molecule has 3 rings (SSSR count). The Morgan fingerprint density at radius 2 is 2.37 bits per heavy atom. The Kier molecular flexibility index (Phi) is 3.00. The number of rotatable bonds is 3. The normalized spacial score (nSPS) is 11.1. The zero-order valence-corrected chi connectivity index (χ0v) is 11.5. The summed E-state index contributed by atoms with van der Waals surface area (Å²) in [4.78, 5) is 21.4. The molecule has 8 heteroatoms. The molecule has 0 bridgehead atoms. The number of thiophene rings is 1. The second kappa shape index (κ2) is 4.67. The zero-order valence-electron chi connectivity index (χ0n) is 9.98. The molecular weight excluding hydrogens is 286 g/mol. The van der Waals surface area contributed by atoms with Gasteiger partial charge in [0, 0.05) is 4.88 Å². The number of aryl methyl sites for hydroxylation is 1. The van der Waals surface area contributed by atoms with Crippen molar-refractivity contribution in [3.05, 3.63) is 43.5 Å². The Hall–Kier alpha value is -1.86. The van der Waals surface area contributed by atoms with Crippen LogP contribution in [0.25, 0.3) is 5.78 Å². The lowest BCUT2D eigenvalue weighted by Crippen LogP contribution is -2.17. The zero-order chi connectivity index (χ0) is 13.4. The lowest BCUT2D eigenvalue weighted by molar-refractivity contribution is 0.887. The molecule has 3 heterocycles. The summed E-state index contributed by atoms with van der Waals surface area (Å²) >= 11 is 7.51. The van der Waals surface area contributed by atoms with Crippen LogP contribution < -0.4 is 10.9 Å². The second-order valence-electron chi connectivity index (χ2n) is 3.96. The third-order valence-electron chi connectivity index (χ3n) is 2.62. The smallest absolute Gasteiger partial charge is 0.293 e. The topological polar surface area (TPSA) is 75.1 Å². The van der Waals surface area contributed by atoms with Crippen molar-refractivity contribution in [1.29, 1.82) is 0 Å². The monoisotopic (exact) mass is 295 g/mol. The average Bonchev–Trinajstić information content (AvgIpc) is 3.02. The number of nitrogens with one attached hydrogen (secondary N) is 2. The number of aromatic amines is 1. The van der Waals surface area contributed by atoms with E-state index in [1.54, 1.807) is 18.3 Å². The van der Waals surface area contributed by atoms with Crippen LogP contribution in [0.3, 0.4) is 0 Å². The van der Waals surface area contributed by atoms with E-state index in [1.165, 1.54) is 9.39 Å². The molecule has 98 valence electrons. The van der Waals surface area contributed by atoms with Gasteiger partial charge in [0.05, 0.1) is 12.2 Å². The first kappa shape index (κ1) is 12.2. The van der Waals surface area contributed by atoms with Crippen LogP contribution in [0.5, 0.6) is 0 Å². The molecule has 0 saturated carbocycles. The lowest BCUT2D eigenvalue weighted by Gasteiger charge is -1.98. The van der Waals surface area contributed by atoms with E-state index in [-0.39, 0.29) is 10.6 Å². The molecule has 3 aromatic rings. The van der Waals surface area contributed by atoms with Crippen LogP contribution in [-0.2, 0) is 6.54 Å². The van der Waals surface area contributed by atoms with Crippen molar-refractivity contribution >= 4 is 34.7 Å². The van der Waals surface area contributed by atoms with Gasteiger partial charge >= 0.3 is 0 Å². The van der Waals surface area contributed by atoms with Gasteiger partial charge < -0.3 is 5.32 Å². The molecule has 2 N–H and O–H groups in total. The highest BCUT2D eigenvalue weighted by Crippen LogP contribution is 2.12. The molecule has 19 heavy (non-hydrogen) atoms. The summed E-state index contributed by atoms with van der Waals surface area (Å²) in [6.45, 7) is 2.32. The highest BCUT2D eigenvalue weighted by molar-refractivity contribution is 7.09. The van der Waals surface area contributed by atoms with Gasteiger partial charge in [0.15, 0.2) is 0 Å². The molecule has 3 aromatic heterocycles. The SMILES string of the molecule is Cc1nc2nc(NCc3cccs3)[nH]n2c(=O)c1Cl. The Bertz CT molecular complexity index is 776. The van der Waals surface area contributed by atoms with Crippen molar-refractivity contribution in [3.8, 4) is 0 Å². The highest BCUT2D eigenvalue weighted by Gasteiger charge is 2.11. The molecule has 0 spiro atoms. The van der Waals surface area contributed by atoms with Gasteiger partial charge in [-0.2, -0.15) is 9.50 Å². The predicted octanol–water partition coefficient (Wildman–Crippen LogP) is 2.05. The lowest BCUT2D eigenvalue weighted by atomic mass is 10.4. The molecule has 0 unspecified atom stereocenters. The fourth-order valence-electron chi connectivity index (χ4n) is 1.66. The van der Waals surface area contributed by atoms with E-state index in [9.17, 15) is 4.79 Å². The minimum Gasteiger partial charge on any atom is -0.350 e. The maximum Gasteiger partial charge on any atom is 0.293 e. The minimum atomic E-state index is -0.346. The number of H-pyrrole nitrogens is 1. The maximum atomic E-state index is 11.9. The molecule has 0 atom stereocenters. The third-order valence-corrected chi connectivity index (χ3v) is 3.93. The quantitative estimate of drug-likeness (QED) is 0.775. The molecule has 0 aromatic carbocycles. The number of hydrogen-bond acceptors (Lipinski definition) is 5. The standard InChI is InChI=1S/C11H10ClN5OS/c1-6-8(12)9(18)17-11(14-6)15-10(16-17)13-5-7-3-2-4-19-7/h2-4H,5H2,1H3,(H2,13,14,15,16). The summed E-state index contributed by atoms with van der Waals surface area (Å²) in [5.74, 6) is 0.792. The van der Waals surface area contributed by atoms with Crippen LogP contribution in [0, 0.1) is 6.92 Å². The van der Waals surface area contributed by atoms with E-state index in [0.717, 1.165) is 0 Å². The van der Waals surface area contributed by atoms with Crippen LogP contribution in [0.4, 0.5) is 5.95 Å². The highest BCUT2D eigenvalue weighted by atomic mass is 35.5. The van der Waals surface area contributed by atoms with Gasteiger partial charge in [-0.25, -0.2) is 4.98 Å². The summed E-state index contributed by atoms with van der Waals surface area (Å²) in [6, 6.07) is 4.00. The van der Waals surface area contributed by atoms with Crippen LogP contribution in [0.2, 0.25) is 5.02 Å². The van der Waals surface area contributed by atoms with E-state index in [0.29, 0.717) is 24.0 Å². The fraction of sp³-hybridized carbons (Fsp3) is 0.182. The molecular formula is C11H10ClN5OS. The van der Waals surface area contributed by atoms with Crippen molar-refractivity contribution in [3.63, 3.8) is 0 Å². The van der Waals surface area contributed by atoms with E-state index in [2.05, 4.69) is 20.4 Å². The van der Waals surface area contributed by atoms with Gasteiger partial charge in [0.2, 0.25) is 5.95 Å². The number of hydrogen-bond donors (Lipinski definition) is 2. The first-order chi connectivity index (χ1) is 9.15. The fourth-order valence-corrected chi connectivity index (χ4v) is 2.43. The average molecular weight is 296 g/mol. The van der Waals surface area contributed by atoms with Gasteiger partial charge in [-0.3, -0.25) is 9.89 Å². The van der Waals surface area contributed by atoms with Crippen LogP contribution in [0.15, 0.2) is 22.3 Å². The minimum absolute atomic E-state index is 0.103. The molecule has 0 aliphatic carbocycles. The number of fused-ring (bicyclic) bond motifs is 1. The van der Waals surface area contributed by atoms with E-state index in [4.69, 9.17) is 11.6 Å². The number of aromatic nitrogens is 4. The summed E-state index contributed by atoms with van der Waals surface area (Å²) < 4.78 is 1.23. The van der Waals surface area contributed by atoms with E-state index < -0.39 is 0 Å². The number of anilines is 1. The van der Waals surface area contributed by atoms with Crippen LogP contribution in [0.1, 0.15) is 10.6 Å². The Morgan fingerprint density at radius 1 is 1.53 bits per heavy atom. The summed E-state index contributed by atoms with van der Waals surface area (Å²) in [5, 5.41) is 8.05. The molecule has 0 amide bonds. The number of nitrogens with zero attached hydrogens (tertiary/aromatic N) is 3. The van der Waals surface area contributed by atoms with Crippen molar-refractivity contribution in [2.45, 2.75) is 13.5 Å². The van der Waals surface area contributed by atoms with Crippen LogP contribution >= 0.6 is 22.9 Å². The van der Waals surface area contributed by atoms with Gasteiger partial charge in [-0.1, -0.05) is 17.7 Å². The number of halogens is 1. The van der Waals surface area contributed by atoms with Gasteiger partial charge in [0.25, 0.3) is 11.3 Å². The summed E-state index contributed by atoms with van der Waals surface area (Å²) in [6.07, 6.45) is 0. The molecule has 6 nitrogen and oxygen atoms in total. The molecule has 0 aliphatic heterocycles. The largest absolute Gasteiger partial charge is 0.350 e. The van der Waals surface area contributed by atoms with Crippen LogP contribution in [-0.4, -0.2) is 19.6 Å². The van der Waals surface area contributed by atoms with Crippen molar-refractivity contribution in [2.75, 3.05) is 5.32 Å². The first-order valence-electron chi connectivity index (χ1n) is 5.56. The molecule has 0 aliphatic rings. The molecule has 0 saturated heterocycles. The Balaban J connectivity index is 1.94. The first-order valence-corrected chi connectivity index (χ1v) is 6.82. The molecule has 0 fully saturated rings. The summed E-state index contributed by atoms with van der Waals surface area (Å²) in [7, 11) is 0. The van der Waals surface area contributed by atoms with Gasteiger partial charge in [-0.05, 0) is 18.4 Å². The summed E-state index contributed by atoms with van der Waals surface area (Å²) in [5.41, 5.74) is 0.129. The molecule has 0 radical (unpaired) electrons. The Labute approximate surface area is 117 Å². The predicted molar refractivity (Wildman–Crippen MR) is 75.0 cm³/mol. The van der Waals surface area contributed by atoms with Crippen molar-refractivity contribution in [1.82, 2.24) is 19.6 Å². The van der Waals surface area contributed by atoms with Crippen molar-refractivity contribution < 1.29 is 0 Å². The van der Waals surface area contributed by atoms with Crippen molar-refractivity contribution in [2.24, 2.45) is 0 Å². The second-order valence-corrected chi connectivity index (χ2v) is 5.37. The maximum absolute atomic E-state index is 11.9. The third kappa shape index (κ3) is 2.22. The van der Waals surface area contributed by atoms with Gasteiger partial charge in [-0.15, -0.1) is 11.3 Å². The van der Waals surface area contributed by atoms with E-state index >= 15 is 0 Å². The van der Waals surface area contributed by atoms with E-state index in [1.807, 2.05) is 17.5 Å². The Morgan fingerprint density at radius 3 is 3.11 bits per heavy atom. The van der Waals surface area contributed by atoms with Gasteiger partial charge in [0.1, 0.15) is 5.02 Å².